The largest absolute Gasteiger partial charge is 0.416 e. The molecule has 0 bridgehead atoms. The summed E-state index contributed by atoms with van der Waals surface area (Å²) < 4.78 is 37.7. The molecular weight excluding hydrogens is 303 g/mol. The number of likely N-dealkylation sites (N-methyl/N-ethyl adjacent to an activating group) is 1. The van der Waals surface area contributed by atoms with Crippen LogP contribution in [-0.2, 0) is 12.6 Å². The highest BCUT2D eigenvalue weighted by atomic mass is 19.4. The highest BCUT2D eigenvalue weighted by Crippen LogP contribution is 2.30. The fourth-order valence-electron chi connectivity index (χ4n) is 2.43. The van der Waals surface area contributed by atoms with E-state index < -0.39 is 11.7 Å². The maximum atomic E-state index is 12.6. The minimum absolute atomic E-state index is 0.157. The van der Waals surface area contributed by atoms with Crippen LogP contribution in [0.1, 0.15) is 29.7 Å². The number of hydrogen-bond acceptors (Lipinski definition) is 3. The Balaban J connectivity index is 1.87. The van der Waals surface area contributed by atoms with Crippen LogP contribution in [0.15, 0.2) is 42.9 Å². The molecule has 0 spiro atoms. The van der Waals surface area contributed by atoms with Crippen LogP contribution in [0.3, 0.4) is 0 Å². The Kier molecular flexibility index (Phi) is 5.71. The third-order valence-electron chi connectivity index (χ3n) is 3.76. The Morgan fingerprint density at radius 3 is 2.39 bits per heavy atom. The average Bonchev–Trinajstić information content (AvgIpc) is 2.53. The van der Waals surface area contributed by atoms with Crippen molar-refractivity contribution in [1.82, 2.24) is 14.9 Å². The van der Waals surface area contributed by atoms with Crippen molar-refractivity contribution in [1.29, 1.82) is 0 Å². The minimum Gasteiger partial charge on any atom is -0.305 e. The molecular formula is C17H20F3N3. The van der Waals surface area contributed by atoms with Gasteiger partial charge in [0.1, 0.15) is 0 Å². The van der Waals surface area contributed by atoms with Crippen molar-refractivity contribution in [2.75, 3.05) is 20.1 Å². The van der Waals surface area contributed by atoms with Gasteiger partial charge in [-0.25, -0.2) is 0 Å². The lowest BCUT2D eigenvalue weighted by atomic mass is 9.99. The van der Waals surface area contributed by atoms with Crippen molar-refractivity contribution in [3.63, 3.8) is 0 Å². The lowest BCUT2D eigenvalue weighted by Crippen LogP contribution is -2.26. The van der Waals surface area contributed by atoms with Crippen molar-refractivity contribution in [3.05, 3.63) is 59.7 Å². The summed E-state index contributed by atoms with van der Waals surface area (Å²) >= 11 is 0. The molecule has 0 fully saturated rings. The molecule has 23 heavy (non-hydrogen) atoms. The molecule has 2 rings (SSSR count). The number of aromatic nitrogens is 2. The number of hydrogen-bond donors (Lipinski definition) is 0. The second-order valence-corrected chi connectivity index (χ2v) is 5.73. The van der Waals surface area contributed by atoms with Crippen molar-refractivity contribution >= 4 is 0 Å². The highest BCUT2D eigenvalue weighted by Gasteiger charge is 2.30. The molecule has 1 heterocycles. The monoisotopic (exact) mass is 323 g/mol. The Labute approximate surface area is 134 Å². The summed E-state index contributed by atoms with van der Waals surface area (Å²) in [6, 6.07) is 5.41. The van der Waals surface area contributed by atoms with Gasteiger partial charge >= 0.3 is 6.18 Å². The van der Waals surface area contributed by atoms with Crippen LogP contribution in [0, 0.1) is 0 Å². The summed E-state index contributed by atoms with van der Waals surface area (Å²) in [5.74, 6) is 0.157. The molecule has 0 aliphatic carbocycles. The summed E-state index contributed by atoms with van der Waals surface area (Å²) in [6.07, 6.45) is 1.56. The molecule has 3 nitrogen and oxygen atoms in total. The zero-order valence-electron chi connectivity index (χ0n) is 13.2. The molecule has 0 saturated carbocycles. The molecule has 2 aromatic rings. The van der Waals surface area contributed by atoms with Crippen LogP contribution in [0.2, 0.25) is 0 Å². The SMILES string of the molecule is CC(CN(C)CCc1cnccn1)c1ccc(C(F)(F)F)cc1. The van der Waals surface area contributed by atoms with Crippen LogP contribution in [0.4, 0.5) is 13.2 Å². The van der Waals surface area contributed by atoms with Gasteiger partial charge in [0, 0.05) is 38.1 Å². The first-order valence-electron chi connectivity index (χ1n) is 7.47. The van der Waals surface area contributed by atoms with Crippen molar-refractivity contribution in [3.8, 4) is 0 Å². The van der Waals surface area contributed by atoms with Crippen LogP contribution in [-0.4, -0.2) is 35.0 Å². The molecule has 1 aromatic heterocycles. The zero-order chi connectivity index (χ0) is 16.9. The van der Waals surface area contributed by atoms with E-state index in [-0.39, 0.29) is 5.92 Å². The van der Waals surface area contributed by atoms with Crippen molar-refractivity contribution in [2.45, 2.75) is 25.4 Å². The third-order valence-corrected chi connectivity index (χ3v) is 3.76. The third kappa shape index (κ3) is 5.32. The lowest BCUT2D eigenvalue weighted by Gasteiger charge is -2.21. The van der Waals surface area contributed by atoms with Gasteiger partial charge in [0.25, 0.3) is 0 Å². The quantitative estimate of drug-likeness (QED) is 0.810. The highest BCUT2D eigenvalue weighted by molar-refractivity contribution is 5.27. The number of benzene rings is 1. The van der Waals surface area contributed by atoms with Crippen molar-refractivity contribution in [2.24, 2.45) is 0 Å². The second-order valence-electron chi connectivity index (χ2n) is 5.73. The molecule has 124 valence electrons. The first kappa shape index (κ1) is 17.4. The van der Waals surface area contributed by atoms with Crippen LogP contribution >= 0.6 is 0 Å². The second kappa shape index (κ2) is 7.55. The molecule has 0 aliphatic rings. The van der Waals surface area contributed by atoms with Gasteiger partial charge in [-0.1, -0.05) is 19.1 Å². The van der Waals surface area contributed by atoms with E-state index in [4.69, 9.17) is 0 Å². The molecule has 0 N–H and O–H groups in total. The molecule has 0 aliphatic heterocycles. The minimum atomic E-state index is -4.28. The molecule has 0 radical (unpaired) electrons. The molecule has 1 atom stereocenters. The molecule has 0 amide bonds. The normalized spacial score (nSPS) is 13.3. The number of nitrogens with zero attached hydrogens (tertiary/aromatic N) is 3. The summed E-state index contributed by atoms with van der Waals surface area (Å²) in [5, 5.41) is 0. The van der Waals surface area contributed by atoms with Crippen LogP contribution in [0.25, 0.3) is 0 Å². The van der Waals surface area contributed by atoms with Gasteiger partial charge in [-0.3, -0.25) is 9.97 Å². The summed E-state index contributed by atoms with van der Waals surface area (Å²) in [5.41, 5.74) is 1.23. The average molecular weight is 323 g/mol. The van der Waals surface area contributed by atoms with Gasteiger partial charge < -0.3 is 4.90 Å². The molecule has 1 aromatic carbocycles. The molecule has 0 saturated heterocycles. The Morgan fingerprint density at radius 1 is 1.13 bits per heavy atom. The van der Waals surface area contributed by atoms with Crippen LogP contribution < -0.4 is 0 Å². The van der Waals surface area contributed by atoms with E-state index in [0.29, 0.717) is 0 Å². The number of rotatable bonds is 6. The maximum absolute atomic E-state index is 12.6. The lowest BCUT2D eigenvalue weighted by molar-refractivity contribution is -0.137. The predicted octanol–water partition coefficient (Wildman–Crippen LogP) is 3.77. The topological polar surface area (TPSA) is 29.0 Å². The van der Waals surface area contributed by atoms with E-state index in [1.807, 2.05) is 14.0 Å². The van der Waals surface area contributed by atoms with Gasteiger partial charge in [0.05, 0.1) is 11.3 Å². The smallest absolute Gasteiger partial charge is 0.305 e. The Bertz CT molecular complexity index is 597. The van der Waals surface area contributed by atoms with E-state index in [1.54, 1.807) is 30.7 Å². The van der Waals surface area contributed by atoms with Crippen molar-refractivity contribution < 1.29 is 13.2 Å². The first-order chi connectivity index (χ1) is 10.9. The van der Waals surface area contributed by atoms with Gasteiger partial charge in [-0.2, -0.15) is 13.2 Å². The van der Waals surface area contributed by atoms with E-state index in [2.05, 4.69) is 14.9 Å². The fraction of sp³-hybridized carbons (Fsp3) is 0.412. The van der Waals surface area contributed by atoms with E-state index in [9.17, 15) is 13.2 Å². The number of alkyl halides is 3. The number of halogens is 3. The summed E-state index contributed by atoms with van der Waals surface area (Å²) in [4.78, 5) is 10.4. The Hall–Kier alpha value is -1.95. The van der Waals surface area contributed by atoms with E-state index in [1.165, 1.54) is 0 Å². The zero-order valence-corrected chi connectivity index (χ0v) is 13.2. The van der Waals surface area contributed by atoms with Gasteiger partial charge in [0.15, 0.2) is 0 Å². The fourth-order valence-corrected chi connectivity index (χ4v) is 2.43. The summed E-state index contributed by atoms with van der Waals surface area (Å²) in [7, 11) is 2.00. The predicted molar refractivity (Wildman–Crippen MR) is 83.1 cm³/mol. The van der Waals surface area contributed by atoms with E-state index in [0.717, 1.165) is 42.9 Å². The standard InChI is InChI=1S/C17H20F3N3/c1-13(14-3-5-15(6-4-14)17(18,19)20)12-23(2)10-7-16-11-21-8-9-22-16/h3-6,8-9,11,13H,7,10,12H2,1-2H3. The summed E-state index contributed by atoms with van der Waals surface area (Å²) in [6.45, 7) is 3.61. The van der Waals surface area contributed by atoms with E-state index >= 15 is 0 Å². The maximum Gasteiger partial charge on any atom is 0.416 e. The first-order valence-corrected chi connectivity index (χ1v) is 7.47. The molecule has 1 unspecified atom stereocenters. The van der Waals surface area contributed by atoms with Gasteiger partial charge in [-0.05, 0) is 30.7 Å². The van der Waals surface area contributed by atoms with Gasteiger partial charge in [0.2, 0.25) is 0 Å². The van der Waals surface area contributed by atoms with Crippen LogP contribution in [0.5, 0.6) is 0 Å². The molecule has 6 heteroatoms. The van der Waals surface area contributed by atoms with Gasteiger partial charge in [-0.15, -0.1) is 0 Å². The Morgan fingerprint density at radius 2 is 1.83 bits per heavy atom.